The minimum atomic E-state index is 0.183. The zero-order chi connectivity index (χ0) is 13.8. The summed E-state index contributed by atoms with van der Waals surface area (Å²) in [5.41, 5.74) is 0.992. The molecule has 2 aromatic rings. The normalized spacial score (nSPS) is 10.5. The zero-order valence-corrected chi connectivity index (χ0v) is 12.6. The number of aryl methyl sites for hydroxylation is 1. The number of anilines is 2. The van der Waals surface area contributed by atoms with Gasteiger partial charge in [0.15, 0.2) is 0 Å². The van der Waals surface area contributed by atoms with Gasteiger partial charge in [-0.1, -0.05) is 0 Å². The van der Waals surface area contributed by atoms with Gasteiger partial charge in [0.1, 0.15) is 0 Å². The molecule has 2 heterocycles. The summed E-state index contributed by atoms with van der Waals surface area (Å²) in [7, 11) is 1.90. The first-order chi connectivity index (χ1) is 9.08. The van der Waals surface area contributed by atoms with Crippen molar-refractivity contribution < 1.29 is 0 Å². The maximum Gasteiger partial charge on any atom is 0.231 e. The SMILES string of the molecule is CCNc1nc(Cl)nc(N(C)Cc2csc(C)n2)n1. The van der Waals surface area contributed by atoms with E-state index < -0.39 is 0 Å². The minimum Gasteiger partial charge on any atom is -0.354 e. The van der Waals surface area contributed by atoms with Gasteiger partial charge in [-0.2, -0.15) is 15.0 Å². The third kappa shape index (κ3) is 3.74. The molecule has 0 fully saturated rings. The van der Waals surface area contributed by atoms with E-state index in [1.54, 1.807) is 11.3 Å². The van der Waals surface area contributed by atoms with E-state index in [-0.39, 0.29) is 5.28 Å². The molecule has 0 spiro atoms. The summed E-state index contributed by atoms with van der Waals surface area (Å²) in [6.07, 6.45) is 0. The predicted octanol–water partition coefficient (Wildman–Crippen LogP) is 2.36. The van der Waals surface area contributed by atoms with Crippen LogP contribution in [0, 0.1) is 6.92 Å². The molecule has 0 bridgehead atoms. The second-order valence-corrected chi connectivity index (χ2v) is 5.37. The van der Waals surface area contributed by atoms with E-state index in [1.165, 1.54) is 0 Å². The number of aromatic nitrogens is 4. The highest BCUT2D eigenvalue weighted by Gasteiger charge is 2.10. The predicted molar refractivity (Wildman–Crippen MR) is 78.0 cm³/mol. The van der Waals surface area contributed by atoms with E-state index in [9.17, 15) is 0 Å². The van der Waals surface area contributed by atoms with Crippen LogP contribution >= 0.6 is 22.9 Å². The van der Waals surface area contributed by atoms with Crippen molar-refractivity contribution in [1.82, 2.24) is 19.9 Å². The van der Waals surface area contributed by atoms with Gasteiger partial charge in [-0.25, -0.2) is 4.98 Å². The summed E-state index contributed by atoms with van der Waals surface area (Å²) in [4.78, 5) is 18.7. The Hall–Kier alpha value is -1.47. The molecule has 0 aliphatic rings. The lowest BCUT2D eigenvalue weighted by Gasteiger charge is -2.16. The molecule has 6 nitrogen and oxygen atoms in total. The van der Waals surface area contributed by atoms with Crippen LogP contribution < -0.4 is 10.2 Å². The molecule has 8 heteroatoms. The molecule has 0 aliphatic heterocycles. The van der Waals surface area contributed by atoms with Gasteiger partial charge in [-0.15, -0.1) is 11.3 Å². The van der Waals surface area contributed by atoms with Crippen molar-refractivity contribution in [2.45, 2.75) is 20.4 Å². The van der Waals surface area contributed by atoms with Crippen LogP contribution in [-0.4, -0.2) is 33.5 Å². The standard InChI is InChI=1S/C11H15ClN6S/c1-4-13-10-15-9(12)16-11(17-10)18(3)5-8-6-19-7(2)14-8/h6H,4-5H2,1-3H3,(H,13,15,16,17). The lowest BCUT2D eigenvalue weighted by molar-refractivity contribution is 0.834. The van der Waals surface area contributed by atoms with Gasteiger partial charge in [0.05, 0.1) is 17.2 Å². The number of hydrogen-bond donors (Lipinski definition) is 1. The van der Waals surface area contributed by atoms with Crippen LogP contribution in [0.1, 0.15) is 17.6 Å². The largest absolute Gasteiger partial charge is 0.354 e. The van der Waals surface area contributed by atoms with Crippen molar-refractivity contribution in [2.75, 3.05) is 23.8 Å². The topological polar surface area (TPSA) is 66.8 Å². The highest BCUT2D eigenvalue weighted by atomic mass is 35.5. The van der Waals surface area contributed by atoms with Crippen LogP contribution in [-0.2, 0) is 6.54 Å². The van der Waals surface area contributed by atoms with Gasteiger partial charge >= 0.3 is 0 Å². The Balaban J connectivity index is 2.15. The Bertz CT molecular complexity index is 558. The number of halogens is 1. The molecule has 0 saturated carbocycles. The minimum absolute atomic E-state index is 0.183. The number of thiazole rings is 1. The fourth-order valence-corrected chi connectivity index (χ4v) is 2.30. The molecular formula is C11H15ClN6S. The Kier molecular flexibility index (Phi) is 4.49. The van der Waals surface area contributed by atoms with Crippen LogP contribution in [0.3, 0.4) is 0 Å². The quantitative estimate of drug-likeness (QED) is 0.914. The van der Waals surface area contributed by atoms with Crippen LogP contribution in [0.5, 0.6) is 0 Å². The maximum atomic E-state index is 5.89. The van der Waals surface area contributed by atoms with Gasteiger partial charge in [-0.05, 0) is 25.4 Å². The smallest absolute Gasteiger partial charge is 0.231 e. The van der Waals surface area contributed by atoms with E-state index in [2.05, 4.69) is 25.3 Å². The van der Waals surface area contributed by atoms with Crippen molar-refractivity contribution in [3.63, 3.8) is 0 Å². The first-order valence-corrected chi connectivity index (χ1v) is 7.12. The molecule has 1 N–H and O–H groups in total. The summed E-state index contributed by atoms with van der Waals surface area (Å²) in [5, 5.41) is 6.28. The van der Waals surface area contributed by atoms with Crippen molar-refractivity contribution >= 4 is 34.8 Å². The van der Waals surface area contributed by atoms with Crippen LogP contribution in [0.25, 0.3) is 0 Å². The third-order valence-electron chi connectivity index (χ3n) is 2.34. The highest BCUT2D eigenvalue weighted by Crippen LogP contribution is 2.16. The molecule has 0 aromatic carbocycles. The molecule has 0 aliphatic carbocycles. The molecular weight excluding hydrogens is 284 g/mol. The molecule has 2 aromatic heterocycles. The average Bonchev–Trinajstić information content (AvgIpc) is 2.74. The van der Waals surface area contributed by atoms with Crippen molar-refractivity contribution in [2.24, 2.45) is 0 Å². The van der Waals surface area contributed by atoms with E-state index in [0.29, 0.717) is 18.4 Å². The maximum absolute atomic E-state index is 5.89. The first kappa shape index (κ1) is 14.0. The molecule has 0 radical (unpaired) electrons. The van der Waals surface area contributed by atoms with Gasteiger partial charge in [0.2, 0.25) is 17.2 Å². The van der Waals surface area contributed by atoms with E-state index in [0.717, 1.165) is 17.2 Å². The van der Waals surface area contributed by atoms with Crippen molar-refractivity contribution in [3.8, 4) is 0 Å². The van der Waals surface area contributed by atoms with Crippen LogP contribution in [0.4, 0.5) is 11.9 Å². The molecule has 0 amide bonds. The van der Waals surface area contributed by atoms with E-state index in [4.69, 9.17) is 11.6 Å². The van der Waals surface area contributed by atoms with Gasteiger partial charge < -0.3 is 10.2 Å². The molecule has 19 heavy (non-hydrogen) atoms. The molecule has 0 atom stereocenters. The average molecular weight is 299 g/mol. The summed E-state index contributed by atoms with van der Waals surface area (Å²) < 4.78 is 0. The van der Waals surface area contributed by atoms with Gasteiger partial charge in [0, 0.05) is 19.0 Å². The highest BCUT2D eigenvalue weighted by molar-refractivity contribution is 7.09. The number of nitrogens with one attached hydrogen (secondary N) is 1. The second kappa shape index (κ2) is 6.12. The molecule has 2 rings (SSSR count). The van der Waals surface area contributed by atoms with Crippen molar-refractivity contribution in [1.29, 1.82) is 0 Å². The summed E-state index contributed by atoms with van der Waals surface area (Å²) >= 11 is 7.52. The molecule has 0 unspecified atom stereocenters. The summed E-state index contributed by atoms with van der Waals surface area (Å²) in [6, 6.07) is 0. The zero-order valence-electron chi connectivity index (χ0n) is 11.0. The Morgan fingerprint density at radius 1 is 1.32 bits per heavy atom. The number of hydrogen-bond acceptors (Lipinski definition) is 7. The fourth-order valence-electron chi connectivity index (χ4n) is 1.54. The third-order valence-corrected chi connectivity index (χ3v) is 3.33. The van der Waals surface area contributed by atoms with E-state index >= 15 is 0 Å². The van der Waals surface area contributed by atoms with Crippen molar-refractivity contribution in [3.05, 3.63) is 21.4 Å². The lowest BCUT2D eigenvalue weighted by atomic mass is 10.4. The lowest BCUT2D eigenvalue weighted by Crippen LogP contribution is -2.20. The Morgan fingerprint density at radius 3 is 2.74 bits per heavy atom. The second-order valence-electron chi connectivity index (χ2n) is 3.97. The van der Waals surface area contributed by atoms with Crippen LogP contribution in [0.15, 0.2) is 5.38 Å². The van der Waals surface area contributed by atoms with Crippen LogP contribution in [0.2, 0.25) is 5.28 Å². The first-order valence-electron chi connectivity index (χ1n) is 5.86. The Labute approximate surface area is 120 Å². The summed E-state index contributed by atoms with van der Waals surface area (Å²) in [6.45, 7) is 5.32. The molecule has 102 valence electrons. The Morgan fingerprint density at radius 2 is 2.11 bits per heavy atom. The van der Waals surface area contributed by atoms with Gasteiger partial charge in [-0.3, -0.25) is 0 Å². The molecule has 0 saturated heterocycles. The van der Waals surface area contributed by atoms with Gasteiger partial charge in [0.25, 0.3) is 0 Å². The van der Waals surface area contributed by atoms with E-state index in [1.807, 2.05) is 31.2 Å². The fraction of sp³-hybridized carbons (Fsp3) is 0.455. The summed E-state index contributed by atoms with van der Waals surface area (Å²) in [5.74, 6) is 1.01. The number of rotatable bonds is 5. The number of nitrogens with zero attached hydrogens (tertiary/aromatic N) is 5. The monoisotopic (exact) mass is 298 g/mol.